The van der Waals surface area contributed by atoms with Crippen molar-refractivity contribution < 1.29 is 19.0 Å². The van der Waals surface area contributed by atoms with Crippen LogP contribution in [0.1, 0.15) is 27.7 Å². The molecular weight excluding hydrogens is 384 g/mol. The summed E-state index contributed by atoms with van der Waals surface area (Å²) in [5.41, 5.74) is 0.772. The number of fused-ring (bicyclic) bond motifs is 1. The van der Waals surface area contributed by atoms with Crippen LogP contribution in [-0.2, 0) is 15.3 Å². The predicted octanol–water partition coefficient (Wildman–Crippen LogP) is 5.07. The number of para-hydroxylation sites is 1. The van der Waals surface area contributed by atoms with Gasteiger partial charge in [0.05, 0.1) is 17.0 Å². The molecule has 0 radical (unpaired) electrons. The molecular formula is C24H20O4S. The minimum Gasteiger partial charge on any atom is -0.452 e. The van der Waals surface area contributed by atoms with Crippen molar-refractivity contribution in [2.24, 2.45) is 0 Å². The highest BCUT2D eigenvalue weighted by molar-refractivity contribution is 7.10. The van der Waals surface area contributed by atoms with Crippen molar-refractivity contribution in [1.82, 2.24) is 0 Å². The molecule has 3 aromatic rings. The molecule has 2 aromatic carbocycles. The van der Waals surface area contributed by atoms with Crippen LogP contribution < -0.4 is 4.74 Å². The summed E-state index contributed by atoms with van der Waals surface area (Å²) in [6.45, 7) is 2.57. The molecule has 1 spiro atoms. The molecule has 2 atom stereocenters. The molecule has 0 bridgehead atoms. The van der Waals surface area contributed by atoms with Crippen LogP contribution in [-0.4, -0.2) is 24.6 Å². The van der Waals surface area contributed by atoms with E-state index < -0.39 is 11.4 Å². The van der Waals surface area contributed by atoms with Gasteiger partial charge in [-0.25, -0.2) is 0 Å². The second-order valence-electron chi connectivity index (χ2n) is 6.93. The van der Waals surface area contributed by atoms with Crippen LogP contribution in [0.2, 0.25) is 0 Å². The van der Waals surface area contributed by atoms with Crippen molar-refractivity contribution in [2.75, 3.05) is 13.2 Å². The van der Waals surface area contributed by atoms with Gasteiger partial charge in [0.2, 0.25) is 11.4 Å². The molecule has 0 amide bonds. The van der Waals surface area contributed by atoms with Crippen molar-refractivity contribution in [1.29, 1.82) is 0 Å². The Hall–Kier alpha value is -2.73. The third kappa shape index (κ3) is 2.48. The number of carbonyl (C=O) groups is 1. The smallest absolute Gasteiger partial charge is 0.288 e. The summed E-state index contributed by atoms with van der Waals surface area (Å²) in [5.74, 6) is -1.04. The Bertz CT molecular complexity index is 1070. The summed E-state index contributed by atoms with van der Waals surface area (Å²) in [7, 11) is 0. The first-order valence-corrected chi connectivity index (χ1v) is 10.5. The van der Waals surface area contributed by atoms with Crippen LogP contribution in [0.4, 0.5) is 0 Å². The molecule has 2 aliphatic heterocycles. The van der Waals surface area contributed by atoms with E-state index in [2.05, 4.69) is 0 Å². The average Bonchev–Trinajstić information content (AvgIpc) is 3.44. The highest BCUT2D eigenvalue weighted by atomic mass is 32.1. The van der Waals surface area contributed by atoms with Crippen molar-refractivity contribution >= 4 is 22.7 Å². The number of Topliss-reactive ketones (excluding diaryl/α,β-unsaturated/α-hetero) is 1. The van der Waals surface area contributed by atoms with Crippen molar-refractivity contribution in [3.05, 3.63) is 94.2 Å². The third-order valence-corrected chi connectivity index (χ3v) is 6.37. The minimum atomic E-state index is -1.43. The van der Waals surface area contributed by atoms with Gasteiger partial charge < -0.3 is 14.2 Å². The SMILES string of the molecule is CCO[C@@]1(c2cccs2)Oc2ccccc2C(=O)[C@@]12OCC=C2c1ccccc1. The highest BCUT2D eigenvalue weighted by Gasteiger charge is 2.69. The lowest BCUT2D eigenvalue weighted by Gasteiger charge is -2.49. The van der Waals surface area contributed by atoms with Crippen molar-refractivity contribution in [2.45, 2.75) is 18.3 Å². The number of ether oxygens (including phenoxy) is 3. The Balaban J connectivity index is 1.83. The standard InChI is InChI=1S/C24H20O4S/c1-2-26-24(21-13-8-16-29-21)23(22(25)18-11-6-7-12-20(18)28-24)19(14-15-27-23)17-9-4-3-5-10-17/h3-14,16H,2,15H2,1H3/t23-,24+/m1/s1. The molecule has 0 N–H and O–H groups in total. The summed E-state index contributed by atoms with van der Waals surface area (Å²) in [6, 6.07) is 21.0. The van der Waals surface area contributed by atoms with E-state index in [9.17, 15) is 4.79 Å². The fourth-order valence-corrected chi connectivity index (χ4v) is 5.13. The van der Waals surface area contributed by atoms with Gasteiger partial charge in [0, 0.05) is 12.2 Å². The number of thiophene rings is 1. The van der Waals surface area contributed by atoms with E-state index in [1.165, 1.54) is 11.3 Å². The van der Waals surface area contributed by atoms with Crippen molar-refractivity contribution in [3.8, 4) is 5.75 Å². The van der Waals surface area contributed by atoms with Gasteiger partial charge in [-0.15, -0.1) is 11.3 Å². The van der Waals surface area contributed by atoms with E-state index >= 15 is 0 Å². The van der Waals surface area contributed by atoms with E-state index in [1.54, 1.807) is 6.07 Å². The summed E-state index contributed by atoms with van der Waals surface area (Å²) in [5, 5.41) is 1.96. The molecule has 0 aliphatic carbocycles. The number of hydrogen-bond donors (Lipinski definition) is 0. The molecule has 0 fully saturated rings. The van der Waals surface area contributed by atoms with Crippen LogP contribution in [0.15, 0.2) is 78.2 Å². The van der Waals surface area contributed by atoms with Gasteiger partial charge in [0.25, 0.3) is 5.79 Å². The maximum Gasteiger partial charge on any atom is 0.288 e. The van der Waals surface area contributed by atoms with Gasteiger partial charge in [0.15, 0.2) is 0 Å². The number of benzene rings is 2. The summed E-state index contributed by atoms with van der Waals surface area (Å²) >= 11 is 1.49. The minimum absolute atomic E-state index is 0.145. The quantitative estimate of drug-likeness (QED) is 0.609. The highest BCUT2D eigenvalue weighted by Crippen LogP contribution is 2.56. The topological polar surface area (TPSA) is 44.8 Å². The predicted molar refractivity (Wildman–Crippen MR) is 112 cm³/mol. The van der Waals surface area contributed by atoms with E-state index in [0.29, 0.717) is 24.5 Å². The molecule has 5 rings (SSSR count). The first kappa shape index (κ1) is 18.3. The Morgan fingerprint density at radius 2 is 1.83 bits per heavy atom. The van der Waals surface area contributed by atoms with Gasteiger partial charge in [-0.05, 0) is 36.1 Å². The maximum atomic E-state index is 14.1. The molecule has 4 nitrogen and oxygen atoms in total. The van der Waals surface area contributed by atoms with E-state index in [0.717, 1.165) is 16.0 Å². The average molecular weight is 404 g/mol. The van der Waals surface area contributed by atoms with Gasteiger partial charge >= 0.3 is 0 Å². The summed E-state index contributed by atoms with van der Waals surface area (Å²) < 4.78 is 19.2. The van der Waals surface area contributed by atoms with E-state index in [-0.39, 0.29) is 5.78 Å². The fourth-order valence-electron chi connectivity index (χ4n) is 4.27. The molecule has 2 aliphatic rings. The zero-order chi connectivity index (χ0) is 19.9. The van der Waals surface area contributed by atoms with Crippen LogP contribution >= 0.6 is 11.3 Å². The second kappa shape index (κ2) is 6.95. The van der Waals surface area contributed by atoms with E-state index in [4.69, 9.17) is 14.2 Å². The Morgan fingerprint density at radius 3 is 2.59 bits per heavy atom. The van der Waals surface area contributed by atoms with Gasteiger partial charge in [-0.1, -0.05) is 54.6 Å². The Kier molecular flexibility index (Phi) is 4.39. The number of rotatable bonds is 4. The van der Waals surface area contributed by atoms with Crippen LogP contribution in [0.3, 0.4) is 0 Å². The zero-order valence-electron chi connectivity index (χ0n) is 16.0. The molecule has 29 heavy (non-hydrogen) atoms. The number of hydrogen-bond acceptors (Lipinski definition) is 5. The molecule has 146 valence electrons. The molecule has 0 saturated carbocycles. The lowest BCUT2D eigenvalue weighted by atomic mass is 9.74. The first-order chi connectivity index (χ1) is 14.2. The Labute approximate surface area is 173 Å². The van der Waals surface area contributed by atoms with Crippen LogP contribution in [0.25, 0.3) is 5.57 Å². The largest absolute Gasteiger partial charge is 0.452 e. The molecule has 0 saturated heterocycles. The third-order valence-electron chi connectivity index (χ3n) is 5.41. The fraction of sp³-hybridized carbons (Fsp3) is 0.208. The van der Waals surface area contributed by atoms with Crippen LogP contribution in [0, 0.1) is 0 Å². The number of ketones is 1. The normalized spacial score (nSPS) is 25.6. The monoisotopic (exact) mass is 404 g/mol. The molecule has 5 heteroatoms. The van der Waals surface area contributed by atoms with Gasteiger partial charge in [-0.3, -0.25) is 4.79 Å². The summed E-state index contributed by atoms with van der Waals surface area (Å²) in [4.78, 5) is 14.9. The lowest BCUT2D eigenvalue weighted by Crippen LogP contribution is -2.64. The van der Waals surface area contributed by atoms with Crippen molar-refractivity contribution in [3.63, 3.8) is 0 Å². The first-order valence-electron chi connectivity index (χ1n) is 9.64. The van der Waals surface area contributed by atoms with Gasteiger partial charge in [-0.2, -0.15) is 0 Å². The Morgan fingerprint density at radius 1 is 1.03 bits per heavy atom. The van der Waals surface area contributed by atoms with Crippen LogP contribution in [0.5, 0.6) is 5.75 Å². The molecule has 1 aromatic heterocycles. The van der Waals surface area contributed by atoms with Gasteiger partial charge in [0.1, 0.15) is 5.75 Å². The maximum absolute atomic E-state index is 14.1. The number of carbonyl (C=O) groups excluding carboxylic acids is 1. The van der Waals surface area contributed by atoms with E-state index in [1.807, 2.05) is 79.0 Å². The molecule has 3 heterocycles. The second-order valence-corrected chi connectivity index (χ2v) is 7.88. The molecule has 0 unspecified atom stereocenters. The lowest BCUT2D eigenvalue weighted by molar-refractivity contribution is -0.263. The summed E-state index contributed by atoms with van der Waals surface area (Å²) in [6.07, 6.45) is 1.96. The zero-order valence-corrected chi connectivity index (χ0v) is 16.8.